The zero-order chi connectivity index (χ0) is 31.1. The molecule has 42 heavy (non-hydrogen) atoms. The van der Waals surface area contributed by atoms with Crippen molar-refractivity contribution in [3.05, 3.63) is 0 Å². The highest BCUT2D eigenvalue weighted by atomic mass is 17.2. The van der Waals surface area contributed by atoms with Crippen molar-refractivity contribution >= 4 is 11.8 Å². The molecule has 0 bridgehead atoms. The summed E-state index contributed by atoms with van der Waals surface area (Å²) in [6, 6.07) is 0.0590. The van der Waals surface area contributed by atoms with Crippen molar-refractivity contribution in [1.82, 2.24) is 14.7 Å². The van der Waals surface area contributed by atoms with Gasteiger partial charge in [0.1, 0.15) is 23.2 Å². The Kier molecular flexibility index (Phi) is 10.5. The molecule has 0 unspecified atom stereocenters. The molecule has 4 aliphatic heterocycles. The molecule has 0 aromatic rings. The van der Waals surface area contributed by atoms with E-state index in [1.165, 1.54) is 0 Å². The molecule has 0 amide bonds. The minimum atomic E-state index is -1.37. The van der Waals surface area contributed by atoms with Gasteiger partial charge in [-0.3, -0.25) is 14.5 Å². The third-order valence-electron chi connectivity index (χ3n) is 10.1. The van der Waals surface area contributed by atoms with Crippen LogP contribution in [0.5, 0.6) is 0 Å². The molecule has 4 heterocycles. The molecular weight excluding hydrogens is 538 g/mol. The predicted octanol–water partition coefficient (Wildman–Crippen LogP) is 3.37. The number of carbonyl (C=O) groups excluding carboxylic acids is 2. The third-order valence-corrected chi connectivity index (χ3v) is 10.1. The summed E-state index contributed by atoms with van der Waals surface area (Å²) in [6.07, 6.45) is 0.199. The first-order valence-electron chi connectivity index (χ1n) is 16.1. The van der Waals surface area contributed by atoms with Gasteiger partial charge in [0.15, 0.2) is 18.2 Å². The normalized spacial score (nSPS) is 43.2. The second-order valence-corrected chi connectivity index (χ2v) is 14.7. The van der Waals surface area contributed by atoms with Crippen molar-refractivity contribution in [3.8, 4) is 0 Å². The van der Waals surface area contributed by atoms with Gasteiger partial charge in [-0.25, -0.2) is 9.78 Å². The molecule has 0 N–H and O–H groups in total. The number of hydrogen-bond acceptors (Lipinski definition) is 10. The van der Waals surface area contributed by atoms with Crippen LogP contribution in [0.2, 0.25) is 0 Å². The summed E-state index contributed by atoms with van der Waals surface area (Å²) in [7, 11) is 6.16. The van der Waals surface area contributed by atoms with Crippen molar-refractivity contribution in [2.24, 2.45) is 23.2 Å². The van der Waals surface area contributed by atoms with Crippen LogP contribution in [-0.2, 0) is 33.6 Å². The topological polar surface area (TPSA) is 90.0 Å². The standard InChI is InChI=1S/C32H57N3O7/c1-12-13-35-17-23(18-35)25-22(5)39-30(37)31(6,7)27(36)21(4)28-32(8,15-19(2)16-34(25)11)42-41-26-24(33(9)10)14-20(3)38-29(26)40-28/h19-26,28-29H,12-18H2,1-11H3/t19-,20-,21+,22-,24+,25+,26-,28-,29+,32-/m1/s1. The van der Waals surface area contributed by atoms with Crippen LogP contribution in [0.1, 0.15) is 74.7 Å². The zero-order valence-corrected chi connectivity index (χ0v) is 27.9. The minimum absolute atomic E-state index is 0.0188. The van der Waals surface area contributed by atoms with Crippen LogP contribution >= 0.6 is 0 Å². The Morgan fingerprint density at radius 3 is 2.29 bits per heavy atom. The highest BCUT2D eigenvalue weighted by Gasteiger charge is 2.56. The van der Waals surface area contributed by atoms with Crippen LogP contribution in [0, 0.1) is 23.2 Å². The monoisotopic (exact) mass is 595 g/mol. The fourth-order valence-electron chi connectivity index (χ4n) is 8.03. The highest BCUT2D eigenvalue weighted by Crippen LogP contribution is 2.42. The van der Waals surface area contributed by atoms with Gasteiger partial charge >= 0.3 is 5.97 Å². The number of cyclic esters (lactones) is 1. The number of carbonyl (C=O) groups is 2. The van der Waals surface area contributed by atoms with Crippen molar-refractivity contribution in [2.75, 3.05) is 47.3 Å². The summed E-state index contributed by atoms with van der Waals surface area (Å²) in [5.41, 5.74) is -2.33. The van der Waals surface area contributed by atoms with Gasteiger partial charge in [-0.05, 0) is 87.5 Å². The average molecular weight is 596 g/mol. The van der Waals surface area contributed by atoms with E-state index in [1.54, 1.807) is 13.8 Å². The molecule has 242 valence electrons. The number of ketones is 1. The van der Waals surface area contributed by atoms with Gasteiger partial charge in [0.2, 0.25) is 0 Å². The summed E-state index contributed by atoms with van der Waals surface area (Å²) in [4.78, 5) is 47.4. The number of hydrogen-bond donors (Lipinski definition) is 0. The number of Topliss-reactive ketones (excluding diaryl/α,β-unsaturated/α-hetero) is 1. The van der Waals surface area contributed by atoms with Gasteiger partial charge in [0, 0.05) is 37.5 Å². The lowest BCUT2D eigenvalue weighted by Crippen LogP contribution is -2.60. The Labute approximate surface area is 253 Å². The van der Waals surface area contributed by atoms with E-state index in [0.29, 0.717) is 12.3 Å². The molecule has 4 rings (SSSR count). The van der Waals surface area contributed by atoms with E-state index in [2.05, 4.69) is 35.6 Å². The first kappa shape index (κ1) is 33.7. The lowest BCUT2D eigenvalue weighted by Gasteiger charge is -2.48. The molecule has 0 aromatic carbocycles. The molecule has 4 aliphatic rings. The second-order valence-electron chi connectivity index (χ2n) is 14.7. The van der Waals surface area contributed by atoms with E-state index < -0.39 is 41.4 Å². The number of ether oxygens (including phenoxy) is 3. The van der Waals surface area contributed by atoms with E-state index in [1.807, 2.05) is 41.8 Å². The summed E-state index contributed by atoms with van der Waals surface area (Å²) < 4.78 is 19.2. The molecule has 10 atom stereocenters. The lowest BCUT2D eigenvalue weighted by molar-refractivity contribution is -0.399. The van der Waals surface area contributed by atoms with Crippen LogP contribution in [0.25, 0.3) is 0 Å². The van der Waals surface area contributed by atoms with Crippen LogP contribution in [0.15, 0.2) is 0 Å². The number of esters is 1. The van der Waals surface area contributed by atoms with E-state index in [9.17, 15) is 9.59 Å². The summed E-state index contributed by atoms with van der Waals surface area (Å²) in [5.74, 6) is -0.852. The number of rotatable bonds is 4. The van der Waals surface area contributed by atoms with Crippen LogP contribution in [-0.4, -0.2) is 122 Å². The Morgan fingerprint density at radius 2 is 1.67 bits per heavy atom. The van der Waals surface area contributed by atoms with E-state index >= 15 is 0 Å². The highest BCUT2D eigenvalue weighted by molar-refractivity contribution is 6.04. The minimum Gasteiger partial charge on any atom is -0.460 e. The van der Waals surface area contributed by atoms with E-state index in [0.717, 1.165) is 39.0 Å². The maximum absolute atomic E-state index is 14.2. The van der Waals surface area contributed by atoms with Crippen molar-refractivity contribution < 1.29 is 33.6 Å². The molecule has 0 aliphatic carbocycles. The maximum Gasteiger partial charge on any atom is 0.319 e. The number of likely N-dealkylation sites (N-methyl/N-ethyl adjacent to an activating group) is 2. The SMILES string of the molecule is CCCN1CC([C@@H]2[C@@H](C)OC(=O)C(C)(C)C(=O)[C@H](C)[C@H]3O[C@@H]4O[C@H](C)C[C@H](N(C)C)[C@H]4OO[C@]3(C)C[C@@H](C)CN2C)C1. The predicted molar refractivity (Wildman–Crippen MR) is 160 cm³/mol. The van der Waals surface area contributed by atoms with Crippen LogP contribution in [0.4, 0.5) is 0 Å². The average Bonchev–Trinajstić information content (AvgIpc) is 3.01. The van der Waals surface area contributed by atoms with Gasteiger partial charge in [-0.2, -0.15) is 0 Å². The largest absolute Gasteiger partial charge is 0.460 e. The molecule has 4 fully saturated rings. The van der Waals surface area contributed by atoms with E-state index in [-0.39, 0.29) is 36.0 Å². The van der Waals surface area contributed by atoms with Crippen molar-refractivity contribution in [3.63, 3.8) is 0 Å². The fourth-order valence-corrected chi connectivity index (χ4v) is 8.03. The molecule has 10 nitrogen and oxygen atoms in total. The molecule has 0 saturated carbocycles. The van der Waals surface area contributed by atoms with Gasteiger partial charge in [-0.15, -0.1) is 0 Å². The Balaban J connectivity index is 1.68. The Morgan fingerprint density at radius 1 is 1.00 bits per heavy atom. The van der Waals surface area contributed by atoms with Crippen LogP contribution < -0.4 is 0 Å². The summed E-state index contributed by atoms with van der Waals surface area (Å²) in [6.45, 7) is 19.4. The lowest BCUT2D eigenvalue weighted by atomic mass is 9.74. The smallest absolute Gasteiger partial charge is 0.319 e. The number of fused-ring (bicyclic) bond motifs is 2. The second kappa shape index (κ2) is 13.1. The third kappa shape index (κ3) is 6.75. The Hall–Kier alpha value is -1.14. The maximum atomic E-state index is 14.2. The molecule has 4 saturated heterocycles. The van der Waals surface area contributed by atoms with E-state index in [4.69, 9.17) is 24.0 Å². The van der Waals surface area contributed by atoms with Crippen molar-refractivity contribution in [1.29, 1.82) is 0 Å². The van der Waals surface area contributed by atoms with Gasteiger partial charge in [0.25, 0.3) is 0 Å². The van der Waals surface area contributed by atoms with Gasteiger partial charge in [0.05, 0.1) is 12.1 Å². The molecule has 10 heteroatoms. The number of likely N-dealkylation sites (tertiary alicyclic amines) is 1. The molecular formula is C32H57N3O7. The molecule has 0 spiro atoms. The summed E-state index contributed by atoms with van der Waals surface area (Å²) in [5, 5.41) is 0. The van der Waals surface area contributed by atoms with Gasteiger partial charge in [-0.1, -0.05) is 20.8 Å². The molecule has 0 aromatic heterocycles. The van der Waals surface area contributed by atoms with Crippen LogP contribution in [0.3, 0.4) is 0 Å². The van der Waals surface area contributed by atoms with Crippen molar-refractivity contribution in [2.45, 2.75) is 123 Å². The number of nitrogens with zero attached hydrogens (tertiary/aromatic N) is 3. The fraction of sp³-hybridized carbons (Fsp3) is 0.938. The Bertz CT molecular complexity index is 956. The first-order chi connectivity index (χ1) is 19.6. The zero-order valence-electron chi connectivity index (χ0n) is 27.9. The first-order valence-corrected chi connectivity index (χ1v) is 16.1. The summed E-state index contributed by atoms with van der Waals surface area (Å²) >= 11 is 0. The molecule has 0 radical (unpaired) electrons. The quantitative estimate of drug-likeness (QED) is 0.274. The van der Waals surface area contributed by atoms with Gasteiger partial charge < -0.3 is 24.0 Å².